The number of carbonyl (C=O) groups excluding carboxylic acids is 2. The zero-order valence-electron chi connectivity index (χ0n) is 15.5. The Balaban J connectivity index is 1.83. The number of carboxylic acid groups (broad SMARTS) is 2. The van der Waals surface area contributed by atoms with Gasteiger partial charge in [0.2, 0.25) is 11.5 Å². The fraction of sp³-hybridized carbons (Fsp3) is 0.467. The number of halogens is 1. The monoisotopic (exact) mass is 477 g/mol. The predicted molar refractivity (Wildman–Crippen MR) is 107 cm³/mol. The number of rotatable bonds is 7. The van der Waals surface area contributed by atoms with Crippen molar-refractivity contribution in [3.05, 3.63) is 10.0 Å². The first-order valence-corrected chi connectivity index (χ1v) is 10.6. The molecule has 162 valence electrons. The van der Waals surface area contributed by atoms with E-state index in [9.17, 15) is 24.3 Å². The number of nitrogens with two attached hydrogens (primary N) is 1. The molecular formula is C15H16ClN5O7S2. The van der Waals surface area contributed by atoms with Crippen LogP contribution < -0.4 is 11.1 Å². The maximum Gasteiger partial charge on any atom is 0.350 e. The molecule has 0 radical (unpaired) electrons. The number of amides is 2. The summed E-state index contributed by atoms with van der Waals surface area (Å²) in [6.45, 7) is 2.44. The fourth-order valence-electron chi connectivity index (χ4n) is 2.65. The lowest BCUT2D eigenvalue weighted by Crippen LogP contribution is -2.70. The average Bonchev–Trinajstić information content (AvgIpc) is 3.20. The van der Waals surface area contributed by atoms with Crippen molar-refractivity contribution in [1.29, 1.82) is 0 Å². The van der Waals surface area contributed by atoms with Crippen LogP contribution in [0.15, 0.2) is 5.16 Å². The van der Waals surface area contributed by atoms with E-state index >= 15 is 0 Å². The molecule has 3 atom stereocenters. The maximum atomic E-state index is 12.8. The lowest BCUT2D eigenvalue weighted by molar-refractivity contribution is -0.161. The van der Waals surface area contributed by atoms with Crippen molar-refractivity contribution in [2.75, 3.05) is 11.5 Å². The molecule has 0 spiro atoms. The molecule has 0 aromatic carbocycles. The first kappa shape index (κ1) is 22.1. The number of thiazole rings is 1. The second-order valence-electron chi connectivity index (χ2n) is 6.80. The van der Waals surface area contributed by atoms with Crippen LogP contribution in [0.5, 0.6) is 0 Å². The summed E-state index contributed by atoms with van der Waals surface area (Å²) in [6.07, 6.45) is 0. The molecule has 15 heteroatoms. The van der Waals surface area contributed by atoms with E-state index in [1.165, 1.54) is 30.5 Å². The van der Waals surface area contributed by atoms with E-state index in [1.807, 2.05) is 0 Å². The van der Waals surface area contributed by atoms with Gasteiger partial charge in [-0.25, -0.2) is 14.6 Å². The molecule has 2 amide bonds. The van der Waals surface area contributed by atoms with Gasteiger partial charge in [0, 0.05) is 5.75 Å². The van der Waals surface area contributed by atoms with Crippen molar-refractivity contribution in [3.8, 4) is 0 Å². The highest BCUT2D eigenvalue weighted by molar-refractivity contribution is 8.00. The van der Waals surface area contributed by atoms with Gasteiger partial charge < -0.3 is 31.0 Å². The SMILES string of the molecule is CC(C)(O/N=C(\C(=O)NC1C(=O)N2C(C(=O)O)CS[C@H]12)c1nc(N)sc1Cl)C(=O)O. The first-order chi connectivity index (χ1) is 13.9. The topological polar surface area (TPSA) is 185 Å². The number of hydrogen-bond acceptors (Lipinski definition) is 10. The summed E-state index contributed by atoms with van der Waals surface area (Å²) in [7, 11) is 0. The number of hydrogen-bond donors (Lipinski definition) is 4. The number of β-lactam (4-membered cyclic amide) rings is 1. The summed E-state index contributed by atoms with van der Waals surface area (Å²) in [5.74, 6) is -3.72. The standard InChI is InChI=1S/C15H16ClN5O7S2/c1-15(2,13(26)27)28-20-6(5-8(16)30-14(17)19-5)9(22)18-7-10(23)21-4(12(24)25)3-29-11(7)21/h4,7,11H,3H2,1-2H3,(H2,17,19)(H,18,22)(H,24,25)(H,26,27)/b20-6-/t4?,7?,11-/m1/s1. The van der Waals surface area contributed by atoms with Crippen LogP contribution in [0.25, 0.3) is 0 Å². The number of thioether (sulfide) groups is 1. The van der Waals surface area contributed by atoms with Gasteiger partial charge >= 0.3 is 11.9 Å². The van der Waals surface area contributed by atoms with Crippen molar-refractivity contribution in [1.82, 2.24) is 15.2 Å². The van der Waals surface area contributed by atoms with Crippen molar-refractivity contribution >= 4 is 69.3 Å². The molecule has 3 heterocycles. The number of oxime groups is 1. The summed E-state index contributed by atoms with van der Waals surface area (Å²) >= 11 is 8.14. The van der Waals surface area contributed by atoms with E-state index in [2.05, 4.69) is 15.5 Å². The van der Waals surface area contributed by atoms with Crippen molar-refractivity contribution < 1.29 is 34.2 Å². The lowest BCUT2D eigenvalue weighted by Gasteiger charge is -2.43. The van der Waals surface area contributed by atoms with E-state index in [4.69, 9.17) is 27.3 Å². The zero-order valence-corrected chi connectivity index (χ0v) is 17.9. The zero-order chi connectivity index (χ0) is 22.4. The quantitative estimate of drug-likeness (QED) is 0.233. The van der Waals surface area contributed by atoms with Crippen molar-refractivity contribution in [2.24, 2.45) is 5.16 Å². The summed E-state index contributed by atoms with van der Waals surface area (Å²) in [5.41, 5.74) is 3.24. The molecular weight excluding hydrogens is 462 g/mol. The Morgan fingerprint density at radius 3 is 2.60 bits per heavy atom. The number of nitrogens with one attached hydrogen (secondary N) is 1. The van der Waals surface area contributed by atoms with Gasteiger partial charge in [0.05, 0.1) is 0 Å². The number of carboxylic acids is 2. The minimum Gasteiger partial charge on any atom is -0.480 e. The number of nitrogen functional groups attached to an aromatic ring is 1. The molecule has 3 rings (SSSR count). The molecule has 1 aromatic heterocycles. The van der Waals surface area contributed by atoms with E-state index in [-0.39, 0.29) is 20.9 Å². The maximum absolute atomic E-state index is 12.8. The van der Waals surface area contributed by atoms with E-state index in [0.29, 0.717) is 0 Å². The minimum atomic E-state index is -1.77. The molecule has 2 aliphatic heterocycles. The highest BCUT2D eigenvalue weighted by Crippen LogP contribution is 2.39. The van der Waals surface area contributed by atoms with Gasteiger partial charge in [0.25, 0.3) is 5.91 Å². The number of aromatic nitrogens is 1. The van der Waals surface area contributed by atoms with E-state index < -0.39 is 52.5 Å². The summed E-state index contributed by atoms with van der Waals surface area (Å²) in [5, 5.41) is 23.9. The van der Waals surface area contributed by atoms with Crippen LogP contribution in [-0.4, -0.2) is 78.4 Å². The predicted octanol–water partition coefficient (Wildman–Crippen LogP) is -0.184. The highest BCUT2D eigenvalue weighted by atomic mass is 35.5. The molecule has 2 unspecified atom stereocenters. The smallest absolute Gasteiger partial charge is 0.350 e. The Morgan fingerprint density at radius 2 is 2.07 bits per heavy atom. The molecule has 0 saturated carbocycles. The first-order valence-electron chi connectivity index (χ1n) is 8.33. The minimum absolute atomic E-state index is 0.0147. The molecule has 2 fully saturated rings. The lowest BCUT2D eigenvalue weighted by atomic mass is 10.0. The van der Waals surface area contributed by atoms with Crippen LogP contribution in [0.1, 0.15) is 19.5 Å². The molecule has 0 bridgehead atoms. The summed E-state index contributed by atoms with van der Waals surface area (Å²) < 4.78 is 0.0147. The van der Waals surface area contributed by atoms with Gasteiger partial charge in [-0.1, -0.05) is 28.1 Å². The molecule has 2 saturated heterocycles. The third-order valence-corrected chi connectivity index (χ3v) is 6.77. The molecule has 30 heavy (non-hydrogen) atoms. The van der Waals surface area contributed by atoms with Crippen LogP contribution in [0.3, 0.4) is 0 Å². The summed E-state index contributed by atoms with van der Waals surface area (Å²) in [4.78, 5) is 57.8. The molecule has 12 nitrogen and oxygen atoms in total. The molecule has 1 aromatic rings. The van der Waals surface area contributed by atoms with E-state index in [1.54, 1.807) is 0 Å². The second-order valence-corrected chi connectivity index (χ2v) is 9.58. The number of fused-ring (bicyclic) bond motifs is 1. The Labute approximate surface area is 182 Å². The van der Waals surface area contributed by atoms with Crippen molar-refractivity contribution in [3.63, 3.8) is 0 Å². The second kappa shape index (κ2) is 7.92. The Hall–Kier alpha value is -2.58. The van der Waals surface area contributed by atoms with E-state index in [0.717, 1.165) is 11.3 Å². The highest BCUT2D eigenvalue weighted by Gasteiger charge is 2.57. The fourth-order valence-corrected chi connectivity index (χ4v) is 5.05. The van der Waals surface area contributed by atoms with Crippen molar-refractivity contribution in [2.45, 2.75) is 36.9 Å². The van der Waals surface area contributed by atoms with Crippen LogP contribution in [0.4, 0.5) is 5.13 Å². The average molecular weight is 478 g/mol. The Kier molecular flexibility index (Phi) is 5.84. The molecule has 5 N–H and O–H groups in total. The third-order valence-electron chi connectivity index (χ3n) is 4.33. The normalized spacial score (nSPS) is 23.6. The van der Waals surface area contributed by atoms with Gasteiger partial charge in [-0.15, -0.1) is 11.8 Å². The summed E-state index contributed by atoms with van der Waals surface area (Å²) in [6, 6.07) is -1.94. The molecule has 2 aliphatic rings. The van der Waals surface area contributed by atoms with Gasteiger partial charge in [-0.05, 0) is 13.8 Å². The number of carbonyl (C=O) groups is 4. The van der Waals surface area contributed by atoms with Crippen LogP contribution >= 0.6 is 34.7 Å². The van der Waals surface area contributed by atoms with Gasteiger partial charge in [0.15, 0.2) is 10.8 Å². The molecule has 0 aliphatic carbocycles. The Morgan fingerprint density at radius 1 is 1.40 bits per heavy atom. The van der Waals surface area contributed by atoms with Crippen LogP contribution in [-0.2, 0) is 24.0 Å². The van der Waals surface area contributed by atoms with Gasteiger partial charge in [0.1, 0.15) is 27.5 Å². The van der Waals surface area contributed by atoms with Gasteiger partial charge in [-0.2, -0.15) is 0 Å². The van der Waals surface area contributed by atoms with Crippen LogP contribution in [0, 0.1) is 0 Å². The number of nitrogens with zero attached hydrogens (tertiary/aromatic N) is 3. The van der Waals surface area contributed by atoms with Crippen LogP contribution in [0.2, 0.25) is 4.34 Å². The third kappa shape index (κ3) is 3.89. The number of aliphatic carboxylic acids is 2. The Bertz CT molecular complexity index is 965. The largest absolute Gasteiger partial charge is 0.480 e. The number of anilines is 1. The van der Waals surface area contributed by atoms with Gasteiger partial charge in [-0.3, -0.25) is 9.59 Å².